The summed E-state index contributed by atoms with van der Waals surface area (Å²) >= 11 is 5.28. The first kappa shape index (κ1) is 13.1. The molecule has 2 nitrogen and oxygen atoms in total. The lowest BCUT2D eigenvalue weighted by Crippen LogP contribution is -2.43. The van der Waals surface area contributed by atoms with Gasteiger partial charge in [0.05, 0.1) is 4.88 Å². The molecule has 1 aliphatic heterocycles. The van der Waals surface area contributed by atoms with Crippen LogP contribution in [0.4, 0.5) is 0 Å². The van der Waals surface area contributed by atoms with E-state index in [0.29, 0.717) is 10.7 Å². The van der Waals surface area contributed by atoms with Crippen LogP contribution in [0.5, 0.6) is 0 Å². The number of piperidine rings is 1. The molecular weight excluding hydrogens is 298 g/mol. The second kappa shape index (κ2) is 5.11. The molecule has 2 heterocycles. The molecule has 1 aromatic heterocycles. The highest BCUT2D eigenvalue weighted by Crippen LogP contribution is 2.27. The fraction of sp³-hybridized carbons (Fsp3) is 0.615. The van der Waals surface area contributed by atoms with Crippen LogP contribution < -0.4 is 0 Å². The maximum Gasteiger partial charge on any atom is 0.263 e. The van der Waals surface area contributed by atoms with E-state index >= 15 is 0 Å². The number of amides is 1. The standard InChI is InChI=1S/C13H18BrNOS/c1-8-6-12(17-10(8)3)13(16)15-5-4-11(14)9(2)7-15/h6,9,11H,4-5,7H2,1-3H3. The Hall–Kier alpha value is -0.350. The molecule has 1 aliphatic rings. The zero-order chi connectivity index (χ0) is 12.6. The third kappa shape index (κ3) is 2.74. The molecule has 17 heavy (non-hydrogen) atoms. The van der Waals surface area contributed by atoms with Gasteiger partial charge in [-0.3, -0.25) is 4.79 Å². The minimum atomic E-state index is 0.206. The molecule has 1 aromatic rings. The Labute approximate surface area is 115 Å². The summed E-state index contributed by atoms with van der Waals surface area (Å²) in [4.78, 5) is 17.0. The number of thiophene rings is 1. The van der Waals surface area contributed by atoms with E-state index in [0.717, 1.165) is 24.4 Å². The van der Waals surface area contributed by atoms with Gasteiger partial charge in [-0.2, -0.15) is 0 Å². The number of alkyl halides is 1. The summed E-state index contributed by atoms with van der Waals surface area (Å²) < 4.78 is 0. The van der Waals surface area contributed by atoms with Gasteiger partial charge in [0.25, 0.3) is 5.91 Å². The molecule has 0 aliphatic carbocycles. The van der Waals surface area contributed by atoms with Gasteiger partial charge in [0.2, 0.25) is 0 Å². The lowest BCUT2D eigenvalue weighted by molar-refractivity contribution is 0.0695. The molecule has 94 valence electrons. The third-order valence-electron chi connectivity index (χ3n) is 3.46. The number of aryl methyl sites for hydroxylation is 2. The lowest BCUT2D eigenvalue weighted by Gasteiger charge is -2.34. The van der Waals surface area contributed by atoms with E-state index in [1.54, 1.807) is 11.3 Å². The minimum absolute atomic E-state index is 0.206. The van der Waals surface area contributed by atoms with E-state index in [9.17, 15) is 4.79 Å². The van der Waals surface area contributed by atoms with Crippen molar-refractivity contribution in [2.45, 2.75) is 32.0 Å². The number of nitrogens with zero attached hydrogens (tertiary/aromatic N) is 1. The zero-order valence-electron chi connectivity index (χ0n) is 10.5. The molecule has 1 saturated heterocycles. The fourth-order valence-electron chi connectivity index (χ4n) is 2.14. The molecule has 2 atom stereocenters. The summed E-state index contributed by atoms with van der Waals surface area (Å²) in [7, 11) is 0. The number of rotatable bonds is 1. The Morgan fingerprint density at radius 3 is 2.76 bits per heavy atom. The van der Waals surface area contributed by atoms with Crippen molar-refractivity contribution in [3.63, 3.8) is 0 Å². The van der Waals surface area contributed by atoms with Gasteiger partial charge in [-0.25, -0.2) is 0 Å². The van der Waals surface area contributed by atoms with Gasteiger partial charge in [-0.05, 0) is 37.8 Å². The molecule has 4 heteroatoms. The normalized spacial score (nSPS) is 25.1. The Kier molecular flexibility index (Phi) is 3.93. The maximum absolute atomic E-state index is 12.3. The molecule has 2 unspecified atom stereocenters. The molecule has 0 N–H and O–H groups in total. The number of carbonyl (C=O) groups excluding carboxylic acids is 1. The molecule has 1 fully saturated rings. The SMILES string of the molecule is Cc1cc(C(=O)N2CCC(Br)C(C)C2)sc1C. The highest BCUT2D eigenvalue weighted by Gasteiger charge is 2.28. The number of halogens is 1. The van der Waals surface area contributed by atoms with Crippen LogP contribution in [0.3, 0.4) is 0 Å². The Morgan fingerprint density at radius 1 is 1.53 bits per heavy atom. The van der Waals surface area contributed by atoms with Crippen molar-refractivity contribution in [3.05, 3.63) is 21.4 Å². The molecule has 0 bridgehead atoms. The van der Waals surface area contributed by atoms with Crippen LogP contribution in [0.25, 0.3) is 0 Å². The molecule has 0 aromatic carbocycles. The van der Waals surface area contributed by atoms with Crippen LogP contribution in [-0.2, 0) is 0 Å². The van der Waals surface area contributed by atoms with E-state index in [4.69, 9.17) is 0 Å². The van der Waals surface area contributed by atoms with Crippen molar-refractivity contribution < 1.29 is 4.79 Å². The fourth-order valence-corrected chi connectivity index (χ4v) is 3.51. The summed E-state index contributed by atoms with van der Waals surface area (Å²) in [6, 6.07) is 2.02. The maximum atomic E-state index is 12.3. The van der Waals surface area contributed by atoms with Gasteiger partial charge in [0.15, 0.2) is 0 Å². The van der Waals surface area contributed by atoms with Gasteiger partial charge in [0, 0.05) is 22.8 Å². The van der Waals surface area contributed by atoms with Crippen LogP contribution in [0.2, 0.25) is 0 Å². The molecular formula is C13H18BrNOS. The van der Waals surface area contributed by atoms with Crippen LogP contribution >= 0.6 is 27.3 Å². The summed E-state index contributed by atoms with van der Waals surface area (Å²) in [5, 5.41) is 0. The molecule has 0 spiro atoms. The number of hydrogen-bond donors (Lipinski definition) is 0. The minimum Gasteiger partial charge on any atom is -0.338 e. The van der Waals surface area contributed by atoms with Crippen LogP contribution in [0.15, 0.2) is 6.07 Å². The average Bonchev–Trinajstić information content (AvgIpc) is 2.62. The van der Waals surface area contributed by atoms with Gasteiger partial charge in [0.1, 0.15) is 0 Å². The van der Waals surface area contributed by atoms with E-state index < -0.39 is 0 Å². The van der Waals surface area contributed by atoms with Crippen molar-refractivity contribution in [3.8, 4) is 0 Å². The first-order valence-electron chi connectivity index (χ1n) is 5.99. The molecule has 2 rings (SSSR count). The predicted molar refractivity (Wildman–Crippen MR) is 76.2 cm³/mol. The average molecular weight is 316 g/mol. The van der Waals surface area contributed by atoms with Crippen LogP contribution in [-0.4, -0.2) is 28.7 Å². The van der Waals surface area contributed by atoms with Gasteiger partial charge >= 0.3 is 0 Å². The third-order valence-corrected chi connectivity index (χ3v) is 5.97. The summed E-state index contributed by atoms with van der Waals surface area (Å²) in [5.41, 5.74) is 1.22. The van der Waals surface area contributed by atoms with Crippen molar-refractivity contribution in [1.82, 2.24) is 4.90 Å². The van der Waals surface area contributed by atoms with E-state index in [1.807, 2.05) is 11.0 Å². The van der Waals surface area contributed by atoms with Crippen molar-refractivity contribution in [2.24, 2.45) is 5.92 Å². The predicted octanol–water partition coefficient (Wildman–Crippen LogP) is 3.61. The second-order valence-electron chi connectivity index (χ2n) is 4.88. The number of likely N-dealkylation sites (tertiary alicyclic amines) is 1. The van der Waals surface area contributed by atoms with Gasteiger partial charge in [-0.1, -0.05) is 22.9 Å². The van der Waals surface area contributed by atoms with Crippen molar-refractivity contribution >= 4 is 33.2 Å². The largest absolute Gasteiger partial charge is 0.338 e. The first-order chi connectivity index (χ1) is 7.99. The highest BCUT2D eigenvalue weighted by atomic mass is 79.9. The van der Waals surface area contributed by atoms with Gasteiger partial charge < -0.3 is 4.90 Å². The van der Waals surface area contributed by atoms with Gasteiger partial charge in [-0.15, -0.1) is 11.3 Å². The van der Waals surface area contributed by atoms with Crippen LogP contribution in [0, 0.1) is 19.8 Å². The van der Waals surface area contributed by atoms with Crippen molar-refractivity contribution in [1.29, 1.82) is 0 Å². The first-order valence-corrected chi connectivity index (χ1v) is 7.72. The van der Waals surface area contributed by atoms with E-state index in [2.05, 4.69) is 36.7 Å². The summed E-state index contributed by atoms with van der Waals surface area (Å²) in [6.45, 7) is 8.07. The van der Waals surface area contributed by atoms with Crippen molar-refractivity contribution in [2.75, 3.05) is 13.1 Å². The molecule has 0 radical (unpaired) electrons. The summed E-state index contributed by atoms with van der Waals surface area (Å²) in [6.07, 6.45) is 1.05. The number of hydrogen-bond acceptors (Lipinski definition) is 2. The summed E-state index contributed by atoms with van der Waals surface area (Å²) in [5.74, 6) is 0.743. The topological polar surface area (TPSA) is 20.3 Å². The Morgan fingerprint density at radius 2 is 2.24 bits per heavy atom. The highest BCUT2D eigenvalue weighted by molar-refractivity contribution is 9.09. The Bertz CT molecular complexity index is 410. The number of carbonyl (C=O) groups is 1. The Balaban J connectivity index is 2.10. The van der Waals surface area contributed by atoms with E-state index in [-0.39, 0.29) is 5.91 Å². The lowest BCUT2D eigenvalue weighted by atomic mass is 10.00. The van der Waals surface area contributed by atoms with Crippen LogP contribution in [0.1, 0.15) is 33.5 Å². The zero-order valence-corrected chi connectivity index (χ0v) is 12.9. The molecule has 1 amide bonds. The smallest absolute Gasteiger partial charge is 0.263 e. The monoisotopic (exact) mass is 315 g/mol. The second-order valence-corrected chi connectivity index (χ2v) is 7.32. The van der Waals surface area contributed by atoms with E-state index in [1.165, 1.54) is 10.4 Å². The quantitative estimate of drug-likeness (QED) is 0.725. The molecule has 0 saturated carbocycles.